The van der Waals surface area contributed by atoms with Crippen molar-refractivity contribution >= 4 is 22.8 Å². The molecule has 3 aromatic rings. The van der Waals surface area contributed by atoms with Crippen LogP contribution >= 0.6 is 11.6 Å². The molecule has 0 fully saturated rings. The Kier molecular flexibility index (Phi) is 3.85. The van der Waals surface area contributed by atoms with E-state index in [9.17, 15) is 0 Å². The summed E-state index contributed by atoms with van der Waals surface area (Å²) in [5.41, 5.74) is 2.73. The maximum Gasteiger partial charge on any atom is 0.160 e. The van der Waals surface area contributed by atoms with Gasteiger partial charge >= 0.3 is 0 Å². The molecule has 1 aromatic carbocycles. The molecule has 0 saturated heterocycles. The zero-order valence-corrected chi connectivity index (χ0v) is 12.1. The van der Waals surface area contributed by atoms with Gasteiger partial charge in [-0.15, -0.1) is 0 Å². The maximum atomic E-state index is 8.84. The summed E-state index contributed by atoms with van der Waals surface area (Å²) in [5, 5.41) is 9.40. The molecule has 0 bridgehead atoms. The van der Waals surface area contributed by atoms with E-state index >= 15 is 0 Å². The van der Waals surface area contributed by atoms with Gasteiger partial charge < -0.3 is 4.57 Å². The highest BCUT2D eigenvalue weighted by atomic mass is 35.5. The van der Waals surface area contributed by atoms with Crippen molar-refractivity contribution in [2.24, 2.45) is 0 Å². The lowest BCUT2D eigenvalue weighted by Gasteiger charge is -2.06. The molecule has 0 radical (unpaired) electrons. The summed E-state index contributed by atoms with van der Waals surface area (Å²) < 4.78 is 2.00. The summed E-state index contributed by atoms with van der Waals surface area (Å²) in [5.74, 6) is 0.904. The molecule has 0 aliphatic carbocycles. The molecule has 2 heterocycles. The Morgan fingerprint density at radius 3 is 2.81 bits per heavy atom. The van der Waals surface area contributed by atoms with Crippen LogP contribution in [-0.2, 0) is 13.0 Å². The van der Waals surface area contributed by atoms with E-state index in [1.54, 1.807) is 12.3 Å². The first-order valence-corrected chi connectivity index (χ1v) is 7.07. The Bertz CT molecular complexity index is 802. The molecule has 0 saturated carbocycles. The van der Waals surface area contributed by atoms with E-state index < -0.39 is 0 Å². The van der Waals surface area contributed by atoms with Crippen LogP contribution in [0.2, 0.25) is 5.02 Å². The van der Waals surface area contributed by atoms with E-state index in [0.29, 0.717) is 24.4 Å². The van der Waals surface area contributed by atoms with Gasteiger partial charge in [0, 0.05) is 19.2 Å². The Labute approximate surface area is 127 Å². The fourth-order valence-corrected chi connectivity index (χ4v) is 2.50. The number of nitrogens with zero attached hydrogens (tertiary/aromatic N) is 4. The molecule has 21 heavy (non-hydrogen) atoms. The number of imidazole rings is 1. The van der Waals surface area contributed by atoms with Gasteiger partial charge in [0.1, 0.15) is 11.3 Å². The van der Waals surface area contributed by atoms with E-state index in [1.165, 1.54) is 5.56 Å². The average molecular weight is 297 g/mol. The number of nitriles is 1. The van der Waals surface area contributed by atoms with Crippen molar-refractivity contribution in [1.82, 2.24) is 14.5 Å². The Morgan fingerprint density at radius 1 is 1.24 bits per heavy atom. The Balaban J connectivity index is 2.05. The molecular weight excluding hydrogens is 284 g/mol. The highest BCUT2D eigenvalue weighted by molar-refractivity contribution is 6.31. The van der Waals surface area contributed by atoms with Crippen molar-refractivity contribution in [2.75, 3.05) is 0 Å². The summed E-state index contributed by atoms with van der Waals surface area (Å²) in [6, 6.07) is 14.1. The van der Waals surface area contributed by atoms with Crippen LogP contribution in [0.1, 0.15) is 17.8 Å². The number of pyridine rings is 1. The van der Waals surface area contributed by atoms with E-state index in [0.717, 1.165) is 17.0 Å². The number of rotatable bonds is 4. The first-order chi connectivity index (χ1) is 10.3. The fourth-order valence-electron chi connectivity index (χ4n) is 2.34. The third-order valence-corrected chi connectivity index (χ3v) is 3.49. The number of halogens is 1. The van der Waals surface area contributed by atoms with Crippen molar-refractivity contribution in [3.63, 3.8) is 0 Å². The lowest BCUT2D eigenvalue weighted by atomic mass is 10.1. The second-order valence-corrected chi connectivity index (χ2v) is 5.18. The Hall–Kier alpha value is -2.38. The van der Waals surface area contributed by atoms with Gasteiger partial charge in [0.25, 0.3) is 0 Å². The molecule has 3 rings (SSSR count). The van der Waals surface area contributed by atoms with Crippen LogP contribution in [-0.4, -0.2) is 14.5 Å². The molecule has 0 amide bonds. The van der Waals surface area contributed by atoms with Crippen LogP contribution in [0, 0.1) is 11.3 Å². The summed E-state index contributed by atoms with van der Waals surface area (Å²) in [7, 11) is 0. The quantitative estimate of drug-likeness (QED) is 0.739. The average Bonchev–Trinajstić information content (AvgIpc) is 2.82. The molecule has 0 spiro atoms. The monoisotopic (exact) mass is 296 g/mol. The molecule has 0 aliphatic rings. The van der Waals surface area contributed by atoms with Gasteiger partial charge in [-0.2, -0.15) is 5.26 Å². The summed E-state index contributed by atoms with van der Waals surface area (Å²) in [4.78, 5) is 8.98. The predicted molar refractivity (Wildman–Crippen MR) is 82.0 cm³/mol. The van der Waals surface area contributed by atoms with E-state index in [-0.39, 0.29) is 0 Å². The highest BCUT2D eigenvalue weighted by Gasteiger charge is 2.12. The third-order valence-electron chi connectivity index (χ3n) is 3.28. The van der Waals surface area contributed by atoms with Gasteiger partial charge in [0.2, 0.25) is 0 Å². The summed E-state index contributed by atoms with van der Waals surface area (Å²) in [6.07, 6.45) is 2.75. The topological polar surface area (TPSA) is 54.5 Å². The van der Waals surface area contributed by atoms with Crippen molar-refractivity contribution in [1.29, 1.82) is 5.26 Å². The highest BCUT2D eigenvalue weighted by Crippen LogP contribution is 2.20. The number of hydrogen-bond acceptors (Lipinski definition) is 3. The lowest BCUT2D eigenvalue weighted by Crippen LogP contribution is -2.05. The van der Waals surface area contributed by atoms with Crippen molar-refractivity contribution in [2.45, 2.75) is 19.4 Å². The van der Waals surface area contributed by atoms with Crippen molar-refractivity contribution < 1.29 is 0 Å². The SMILES string of the molecule is N#CCCn1c(Cc2ccccc2)nc2cc(Cl)cnc21. The first-order valence-electron chi connectivity index (χ1n) is 6.69. The van der Waals surface area contributed by atoms with Crippen LogP contribution < -0.4 is 0 Å². The number of aryl methyl sites for hydroxylation is 1. The zero-order valence-electron chi connectivity index (χ0n) is 11.3. The van der Waals surface area contributed by atoms with Crippen LogP contribution in [0.25, 0.3) is 11.2 Å². The standard InChI is InChI=1S/C16H13ClN4/c17-13-10-14-16(19-11-13)21(8-4-7-18)15(20-14)9-12-5-2-1-3-6-12/h1-3,5-6,10-11H,4,8-9H2. The van der Waals surface area contributed by atoms with E-state index in [2.05, 4.69) is 28.2 Å². The van der Waals surface area contributed by atoms with Gasteiger partial charge in [-0.05, 0) is 11.6 Å². The lowest BCUT2D eigenvalue weighted by molar-refractivity contribution is 0.689. The van der Waals surface area contributed by atoms with Crippen molar-refractivity contribution in [3.05, 3.63) is 59.0 Å². The third kappa shape index (κ3) is 2.88. The van der Waals surface area contributed by atoms with Gasteiger partial charge in [-0.3, -0.25) is 0 Å². The van der Waals surface area contributed by atoms with E-state index in [4.69, 9.17) is 16.9 Å². The molecular formula is C16H13ClN4. The smallest absolute Gasteiger partial charge is 0.160 e. The fraction of sp³-hybridized carbons (Fsp3) is 0.188. The van der Waals surface area contributed by atoms with Crippen LogP contribution in [0.5, 0.6) is 0 Å². The van der Waals surface area contributed by atoms with Crippen molar-refractivity contribution in [3.8, 4) is 6.07 Å². The maximum absolute atomic E-state index is 8.84. The molecule has 0 atom stereocenters. The number of hydrogen-bond donors (Lipinski definition) is 0. The second kappa shape index (κ2) is 5.94. The molecule has 104 valence electrons. The molecule has 0 aliphatic heterocycles. The van der Waals surface area contributed by atoms with E-state index in [1.807, 2.05) is 22.8 Å². The number of aromatic nitrogens is 3. The molecule has 2 aromatic heterocycles. The number of benzene rings is 1. The largest absolute Gasteiger partial charge is 0.311 e. The van der Waals surface area contributed by atoms with Gasteiger partial charge in [-0.1, -0.05) is 41.9 Å². The second-order valence-electron chi connectivity index (χ2n) is 4.75. The Morgan fingerprint density at radius 2 is 2.05 bits per heavy atom. The summed E-state index contributed by atoms with van der Waals surface area (Å²) in [6.45, 7) is 0.587. The molecule has 4 nitrogen and oxygen atoms in total. The minimum atomic E-state index is 0.428. The van der Waals surface area contributed by atoms with Gasteiger partial charge in [0.15, 0.2) is 5.65 Å². The van der Waals surface area contributed by atoms with Gasteiger partial charge in [0.05, 0.1) is 17.5 Å². The van der Waals surface area contributed by atoms with Gasteiger partial charge in [-0.25, -0.2) is 9.97 Å². The summed E-state index contributed by atoms with van der Waals surface area (Å²) >= 11 is 5.98. The molecule has 5 heteroatoms. The molecule has 0 unspecified atom stereocenters. The molecule has 0 N–H and O–H groups in total. The van der Waals surface area contributed by atoms with Crippen LogP contribution in [0.15, 0.2) is 42.6 Å². The normalized spacial score (nSPS) is 10.7. The van der Waals surface area contributed by atoms with Crippen LogP contribution in [0.3, 0.4) is 0 Å². The first kappa shape index (κ1) is 13.6. The predicted octanol–water partition coefficient (Wildman–Crippen LogP) is 3.59. The zero-order chi connectivity index (χ0) is 14.7. The van der Waals surface area contributed by atoms with Crippen LogP contribution in [0.4, 0.5) is 0 Å². The number of fused-ring (bicyclic) bond motifs is 1. The minimum absolute atomic E-state index is 0.428. The minimum Gasteiger partial charge on any atom is -0.311 e.